The van der Waals surface area contributed by atoms with Gasteiger partial charge in [0.05, 0.1) is 24.2 Å². The summed E-state index contributed by atoms with van der Waals surface area (Å²) >= 11 is 0. The van der Waals surface area contributed by atoms with E-state index in [1.807, 2.05) is 0 Å². The average Bonchev–Trinajstić information content (AvgIpc) is 2.27. The summed E-state index contributed by atoms with van der Waals surface area (Å²) in [5.74, 6) is 0. The van der Waals surface area contributed by atoms with E-state index >= 15 is 0 Å². The molecular formula is C9H14N2O4. The molecule has 0 radical (unpaired) electrons. The van der Waals surface area contributed by atoms with E-state index < -0.39 is 24.9 Å². The van der Waals surface area contributed by atoms with E-state index in [2.05, 4.69) is 9.97 Å². The largest absolute Gasteiger partial charge is 0.394 e. The van der Waals surface area contributed by atoms with E-state index in [9.17, 15) is 10.2 Å². The molecule has 4 N–H and O–H groups in total. The lowest BCUT2D eigenvalue weighted by Crippen LogP contribution is -2.35. The van der Waals surface area contributed by atoms with Crippen LogP contribution in [0, 0.1) is 6.92 Å². The smallest absolute Gasteiger partial charge is 0.126 e. The highest BCUT2D eigenvalue weighted by molar-refractivity contribution is 5.05. The molecule has 3 atom stereocenters. The van der Waals surface area contributed by atoms with Crippen molar-refractivity contribution in [3.8, 4) is 0 Å². The number of hydrogen-bond donors (Lipinski definition) is 4. The Morgan fingerprint density at radius 3 is 2.33 bits per heavy atom. The first kappa shape index (κ1) is 12.0. The van der Waals surface area contributed by atoms with Crippen LogP contribution >= 0.6 is 0 Å². The number of rotatable bonds is 4. The normalized spacial score (nSPS) is 17.1. The number of aliphatic hydroxyl groups is 4. The van der Waals surface area contributed by atoms with Gasteiger partial charge in [0, 0.05) is 6.20 Å². The minimum Gasteiger partial charge on any atom is -0.394 e. The zero-order valence-corrected chi connectivity index (χ0v) is 8.28. The van der Waals surface area contributed by atoms with Crippen LogP contribution in [0.5, 0.6) is 0 Å². The highest BCUT2D eigenvalue weighted by Gasteiger charge is 2.26. The third-order valence-corrected chi connectivity index (χ3v) is 2.01. The molecule has 0 aliphatic heterocycles. The van der Waals surface area contributed by atoms with E-state index in [1.165, 1.54) is 12.4 Å². The van der Waals surface area contributed by atoms with Gasteiger partial charge in [0.1, 0.15) is 18.3 Å². The van der Waals surface area contributed by atoms with Crippen LogP contribution in [0.25, 0.3) is 0 Å². The Kier molecular flexibility index (Phi) is 4.10. The van der Waals surface area contributed by atoms with Gasteiger partial charge >= 0.3 is 0 Å². The monoisotopic (exact) mass is 214 g/mol. The van der Waals surface area contributed by atoms with E-state index in [1.54, 1.807) is 6.92 Å². The van der Waals surface area contributed by atoms with Crippen molar-refractivity contribution in [3.05, 3.63) is 23.8 Å². The maximum Gasteiger partial charge on any atom is 0.126 e. The van der Waals surface area contributed by atoms with Crippen molar-refractivity contribution in [1.82, 2.24) is 9.97 Å². The van der Waals surface area contributed by atoms with Crippen molar-refractivity contribution in [2.75, 3.05) is 6.61 Å². The van der Waals surface area contributed by atoms with Crippen LogP contribution in [-0.2, 0) is 0 Å². The van der Waals surface area contributed by atoms with Gasteiger partial charge in [-0.25, -0.2) is 0 Å². The molecule has 0 unspecified atom stereocenters. The molecule has 1 aromatic heterocycles. The lowest BCUT2D eigenvalue weighted by atomic mass is 10.1. The van der Waals surface area contributed by atoms with Crippen molar-refractivity contribution in [2.24, 2.45) is 0 Å². The van der Waals surface area contributed by atoms with Crippen molar-refractivity contribution in [2.45, 2.75) is 25.2 Å². The Hall–Kier alpha value is -1.08. The zero-order valence-electron chi connectivity index (χ0n) is 8.28. The fourth-order valence-corrected chi connectivity index (χ4v) is 1.05. The summed E-state index contributed by atoms with van der Waals surface area (Å²) in [6.07, 6.45) is -1.49. The molecule has 0 saturated carbocycles. The second kappa shape index (κ2) is 5.13. The van der Waals surface area contributed by atoms with Crippen LogP contribution in [-0.4, -0.2) is 49.2 Å². The highest BCUT2D eigenvalue weighted by Crippen LogP contribution is 2.15. The standard InChI is InChI=1S/C9H14N2O4/c1-5-2-11-6(3-10-5)8(14)9(15)7(13)4-12/h2-3,7-9,12-15H,4H2,1H3/t7-,8+,9-/m1/s1. The van der Waals surface area contributed by atoms with E-state index in [0.29, 0.717) is 5.69 Å². The van der Waals surface area contributed by atoms with Crippen molar-refractivity contribution in [3.63, 3.8) is 0 Å². The highest BCUT2D eigenvalue weighted by atomic mass is 16.4. The van der Waals surface area contributed by atoms with Gasteiger partial charge in [0.25, 0.3) is 0 Å². The van der Waals surface area contributed by atoms with Gasteiger partial charge < -0.3 is 20.4 Å². The van der Waals surface area contributed by atoms with Gasteiger partial charge in [0.2, 0.25) is 0 Å². The molecule has 15 heavy (non-hydrogen) atoms. The van der Waals surface area contributed by atoms with Gasteiger partial charge in [-0.3, -0.25) is 9.97 Å². The zero-order chi connectivity index (χ0) is 11.4. The first-order valence-corrected chi connectivity index (χ1v) is 4.50. The minimum atomic E-state index is -1.48. The second-order valence-corrected chi connectivity index (χ2v) is 3.27. The Labute approximate surface area is 86.9 Å². The third-order valence-electron chi connectivity index (χ3n) is 2.01. The Bertz CT molecular complexity index is 303. The van der Waals surface area contributed by atoms with E-state index in [-0.39, 0.29) is 5.69 Å². The molecule has 0 fully saturated rings. The number of aryl methyl sites for hydroxylation is 1. The maximum absolute atomic E-state index is 9.56. The lowest BCUT2D eigenvalue weighted by molar-refractivity contribution is -0.0790. The Balaban J connectivity index is 2.75. The number of aliphatic hydroxyl groups excluding tert-OH is 4. The van der Waals surface area contributed by atoms with Gasteiger partial charge in [-0.15, -0.1) is 0 Å². The van der Waals surface area contributed by atoms with Crippen LogP contribution in [0.15, 0.2) is 12.4 Å². The van der Waals surface area contributed by atoms with Crippen LogP contribution in [0.4, 0.5) is 0 Å². The molecule has 0 aliphatic carbocycles. The van der Waals surface area contributed by atoms with Crippen molar-refractivity contribution >= 4 is 0 Å². The molecule has 1 heterocycles. The lowest BCUT2D eigenvalue weighted by Gasteiger charge is -2.20. The fourth-order valence-electron chi connectivity index (χ4n) is 1.05. The Morgan fingerprint density at radius 1 is 1.20 bits per heavy atom. The summed E-state index contributed by atoms with van der Waals surface area (Å²) in [5.41, 5.74) is 0.837. The second-order valence-electron chi connectivity index (χ2n) is 3.27. The summed E-state index contributed by atoms with van der Waals surface area (Å²) < 4.78 is 0. The molecule has 0 aliphatic rings. The minimum absolute atomic E-state index is 0.153. The molecule has 84 valence electrons. The van der Waals surface area contributed by atoms with Crippen LogP contribution in [0.1, 0.15) is 17.5 Å². The molecule has 0 amide bonds. The topological polar surface area (TPSA) is 107 Å². The summed E-state index contributed by atoms with van der Waals surface area (Å²) in [7, 11) is 0. The van der Waals surface area contributed by atoms with Gasteiger partial charge in [-0.2, -0.15) is 0 Å². The molecular weight excluding hydrogens is 200 g/mol. The summed E-state index contributed by atoms with van der Waals surface area (Å²) in [6.45, 7) is 1.11. The molecule has 0 aromatic carbocycles. The van der Waals surface area contributed by atoms with Crippen LogP contribution in [0.3, 0.4) is 0 Å². The van der Waals surface area contributed by atoms with Crippen molar-refractivity contribution in [1.29, 1.82) is 0 Å². The quantitative estimate of drug-likeness (QED) is 0.487. The predicted octanol–water partition coefficient (Wildman–Crippen LogP) is -1.47. The predicted molar refractivity (Wildman–Crippen MR) is 50.8 cm³/mol. The number of hydrogen-bond acceptors (Lipinski definition) is 6. The van der Waals surface area contributed by atoms with Crippen LogP contribution < -0.4 is 0 Å². The fraction of sp³-hybridized carbons (Fsp3) is 0.556. The summed E-state index contributed by atoms with van der Waals surface area (Å²) in [4.78, 5) is 7.74. The molecule has 6 heteroatoms. The SMILES string of the molecule is Cc1cnc([C@H](O)[C@H](O)[C@H](O)CO)cn1. The Morgan fingerprint density at radius 2 is 1.87 bits per heavy atom. The van der Waals surface area contributed by atoms with Crippen LogP contribution in [0.2, 0.25) is 0 Å². The number of nitrogens with zero attached hydrogens (tertiary/aromatic N) is 2. The number of aromatic nitrogens is 2. The first-order valence-electron chi connectivity index (χ1n) is 4.50. The summed E-state index contributed by atoms with van der Waals surface area (Å²) in [5, 5.41) is 36.6. The summed E-state index contributed by atoms with van der Waals surface area (Å²) in [6, 6.07) is 0. The molecule has 0 spiro atoms. The molecule has 0 bridgehead atoms. The van der Waals surface area contributed by atoms with Gasteiger partial charge in [-0.05, 0) is 6.92 Å². The molecule has 0 saturated heterocycles. The van der Waals surface area contributed by atoms with Gasteiger partial charge in [0.15, 0.2) is 0 Å². The van der Waals surface area contributed by atoms with Gasteiger partial charge in [-0.1, -0.05) is 0 Å². The van der Waals surface area contributed by atoms with E-state index in [4.69, 9.17) is 10.2 Å². The maximum atomic E-state index is 9.56. The average molecular weight is 214 g/mol. The molecule has 1 aromatic rings. The first-order chi connectivity index (χ1) is 7.06. The van der Waals surface area contributed by atoms with E-state index in [0.717, 1.165) is 0 Å². The molecule has 1 rings (SSSR count). The van der Waals surface area contributed by atoms with Crippen molar-refractivity contribution < 1.29 is 20.4 Å². The third kappa shape index (κ3) is 2.93. The molecule has 6 nitrogen and oxygen atoms in total.